The quantitative estimate of drug-likeness (QED) is 0.465. The van der Waals surface area contributed by atoms with Gasteiger partial charge in [-0.05, 0) is 20.8 Å². The highest BCUT2D eigenvalue weighted by atomic mass is 32.2. The maximum atomic E-state index is 5.97. The van der Waals surface area contributed by atoms with Gasteiger partial charge in [-0.15, -0.1) is 11.8 Å². The Bertz CT molecular complexity index is 726. The number of thioether (sulfide) groups is 1. The lowest BCUT2D eigenvalue weighted by molar-refractivity contribution is -0.0428. The number of aromatic nitrogens is 2. The van der Waals surface area contributed by atoms with Gasteiger partial charge in [-0.3, -0.25) is 0 Å². The third kappa shape index (κ3) is 3.82. The molecule has 0 amide bonds. The summed E-state index contributed by atoms with van der Waals surface area (Å²) in [4.78, 5) is 9.65. The molecule has 3 rings (SSSR count). The molecular weight excluding hydrogens is 304 g/mol. The van der Waals surface area contributed by atoms with Crippen LogP contribution in [0.5, 0.6) is 0 Å². The predicted molar refractivity (Wildman–Crippen MR) is 95.6 cm³/mol. The van der Waals surface area contributed by atoms with E-state index in [9.17, 15) is 0 Å². The maximum Gasteiger partial charge on any atom is 0.160 e. The molecule has 120 valence electrons. The first-order valence-electron chi connectivity index (χ1n) is 7.81. The van der Waals surface area contributed by atoms with E-state index < -0.39 is 0 Å². The second-order valence-electron chi connectivity index (χ2n) is 6.61. The second kappa shape index (κ2) is 6.46. The van der Waals surface area contributed by atoms with Crippen LogP contribution >= 0.6 is 11.8 Å². The summed E-state index contributed by atoms with van der Waals surface area (Å²) in [6, 6.07) is 10.2. The summed E-state index contributed by atoms with van der Waals surface area (Å²) in [5.41, 5.74) is 4.26. The lowest BCUT2D eigenvalue weighted by Crippen LogP contribution is -2.33. The Morgan fingerprint density at radius 3 is 2.70 bits per heavy atom. The van der Waals surface area contributed by atoms with E-state index >= 15 is 0 Å². The Kier molecular flexibility index (Phi) is 4.55. The van der Waals surface area contributed by atoms with Gasteiger partial charge in [0.1, 0.15) is 5.03 Å². The largest absolute Gasteiger partial charge is 0.370 e. The van der Waals surface area contributed by atoms with Crippen LogP contribution in [0.3, 0.4) is 0 Å². The van der Waals surface area contributed by atoms with E-state index in [0.717, 1.165) is 45.4 Å². The molecule has 0 radical (unpaired) electrons. The number of fused-ring (bicyclic) bond motifs is 1. The molecule has 1 aliphatic rings. The molecule has 1 aliphatic heterocycles. The molecule has 0 fully saturated rings. The molecule has 2 aromatic rings. The van der Waals surface area contributed by atoms with E-state index in [1.54, 1.807) is 11.8 Å². The van der Waals surface area contributed by atoms with Crippen molar-refractivity contribution in [3.8, 4) is 11.4 Å². The fraction of sp³-hybridized carbons (Fsp3) is 0.368. The zero-order valence-electron chi connectivity index (χ0n) is 13.9. The van der Waals surface area contributed by atoms with Gasteiger partial charge in [0.25, 0.3) is 0 Å². The van der Waals surface area contributed by atoms with Gasteiger partial charge >= 0.3 is 0 Å². The summed E-state index contributed by atoms with van der Waals surface area (Å²) in [6.07, 6.45) is 0.811. The molecule has 3 nitrogen and oxygen atoms in total. The highest BCUT2D eigenvalue weighted by Crippen LogP contribution is 2.34. The van der Waals surface area contributed by atoms with Crippen molar-refractivity contribution in [2.75, 3.05) is 5.75 Å². The number of hydrogen-bond donors (Lipinski definition) is 0. The topological polar surface area (TPSA) is 35.0 Å². The Morgan fingerprint density at radius 2 is 2.00 bits per heavy atom. The second-order valence-corrected chi connectivity index (χ2v) is 7.58. The molecule has 0 saturated heterocycles. The minimum absolute atomic E-state index is 0.175. The summed E-state index contributed by atoms with van der Waals surface area (Å²) in [5.74, 6) is 1.66. The molecule has 0 unspecified atom stereocenters. The maximum absolute atomic E-state index is 5.97. The van der Waals surface area contributed by atoms with Crippen molar-refractivity contribution < 1.29 is 4.74 Å². The van der Waals surface area contributed by atoms with Crippen LogP contribution in [-0.4, -0.2) is 21.3 Å². The fourth-order valence-corrected chi connectivity index (χ4v) is 3.43. The van der Waals surface area contributed by atoms with Crippen LogP contribution in [0.2, 0.25) is 0 Å². The Balaban J connectivity index is 2.05. The molecule has 1 aromatic heterocycles. The van der Waals surface area contributed by atoms with Crippen LogP contribution in [0.1, 0.15) is 32.0 Å². The summed E-state index contributed by atoms with van der Waals surface area (Å²) in [5, 5.41) is 1.02. The van der Waals surface area contributed by atoms with Crippen molar-refractivity contribution in [2.24, 2.45) is 0 Å². The van der Waals surface area contributed by atoms with Gasteiger partial charge in [-0.1, -0.05) is 42.5 Å². The monoisotopic (exact) mass is 326 g/mol. The molecule has 0 saturated carbocycles. The Labute approximate surface area is 142 Å². The summed E-state index contributed by atoms with van der Waals surface area (Å²) in [6.45, 7) is 10.8. The van der Waals surface area contributed by atoms with Gasteiger partial charge < -0.3 is 4.74 Å². The fourth-order valence-electron chi connectivity index (χ4n) is 2.55. The summed E-state index contributed by atoms with van der Waals surface area (Å²) >= 11 is 1.72. The molecule has 0 N–H and O–H groups in total. The van der Waals surface area contributed by atoms with Crippen molar-refractivity contribution >= 4 is 11.8 Å². The van der Waals surface area contributed by atoms with Crippen LogP contribution < -0.4 is 0 Å². The zero-order valence-corrected chi connectivity index (χ0v) is 14.7. The van der Waals surface area contributed by atoms with Crippen LogP contribution in [0.4, 0.5) is 0 Å². The summed E-state index contributed by atoms with van der Waals surface area (Å²) in [7, 11) is 0. The smallest absolute Gasteiger partial charge is 0.160 e. The van der Waals surface area contributed by atoms with Gasteiger partial charge in [-0.2, -0.15) is 0 Å². The first-order valence-corrected chi connectivity index (χ1v) is 8.79. The molecule has 0 spiro atoms. The summed E-state index contributed by atoms with van der Waals surface area (Å²) < 4.78 is 5.97. The Morgan fingerprint density at radius 1 is 1.26 bits per heavy atom. The number of nitrogens with zero attached hydrogens (tertiary/aromatic N) is 2. The van der Waals surface area contributed by atoms with Crippen molar-refractivity contribution in [3.05, 3.63) is 53.7 Å². The standard InChI is InChI=1S/C19H22N2OS/c1-13(2)12-23-18-15-11-22-19(3,4)10-16(15)20-17(21-18)14-8-6-5-7-9-14/h5-9H,1,10-12H2,2-4H3. The third-order valence-corrected chi connectivity index (χ3v) is 4.99. The molecule has 0 atom stereocenters. The molecule has 4 heteroatoms. The van der Waals surface area contributed by atoms with E-state index in [1.165, 1.54) is 0 Å². The van der Waals surface area contributed by atoms with E-state index in [4.69, 9.17) is 14.7 Å². The number of ether oxygens (including phenoxy) is 1. The normalized spacial score (nSPS) is 16.0. The molecule has 1 aromatic carbocycles. The molecule has 0 aliphatic carbocycles. The SMILES string of the molecule is C=C(C)CSc1nc(-c2ccccc2)nc2c1COC(C)(C)C2. The molecule has 2 heterocycles. The Hall–Kier alpha value is -1.65. The van der Waals surface area contributed by atoms with Crippen molar-refractivity contribution in [3.63, 3.8) is 0 Å². The predicted octanol–water partition coefficient (Wildman–Crippen LogP) is 4.66. The van der Waals surface area contributed by atoms with Gasteiger partial charge in [0.15, 0.2) is 5.82 Å². The number of hydrogen-bond acceptors (Lipinski definition) is 4. The molecule has 23 heavy (non-hydrogen) atoms. The van der Waals surface area contributed by atoms with Crippen LogP contribution in [0, 0.1) is 0 Å². The average molecular weight is 326 g/mol. The van der Waals surface area contributed by atoms with Gasteiger partial charge in [0.2, 0.25) is 0 Å². The van der Waals surface area contributed by atoms with Crippen molar-refractivity contribution in [2.45, 2.75) is 44.4 Å². The highest BCUT2D eigenvalue weighted by molar-refractivity contribution is 7.99. The number of benzene rings is 1. The van der Waals surface area contributed by atoms with Gasteiger partial charge in [-0.25, -0.2) is 9.97 Å². The molecular formula is C19H22N2OS. The average Bonchev–Trinajstić information content (AvgIpc) is 2.52. The zero-order chi connectivity index (χ0) is 16.4. The van der Waals surface area contributed by atoms with Gasteiger partial charge in [0.05, 0.1) is 17.9 Å². The first kappa shape index (κ1) is 16.2. The lowest BCUT2D eigenvalue weighted by Gasteiger charge is -2.32. The van der Waals surface area contributed by atoms with E-state index in [1.807, 2.05) is 25.1 Å². The van der Waals surface area contributed by atoms with Gasteiger partial charge in [0, 0.05) is 23.3 Å². The van der Waals surface area contributed by atoms with Crippen LogP contribution in [0.15, 0.2) is 47.5 Å². The number of rotatable bonds is 4. The molecule has 0 bridgehead atoms. The van der Waals surface area contributed by atoms with E-state index in [-0.39, 0.29) is 5.60 Å². The van der Waals surface area contributed by atoms with Crippen molar-refractivity contribution in [1.29, 1.82) is 0 Å². The minimum atomic E-state index is -0.175. The van der Waals surface area contributed by atoms with Crippen LogP contribution in [0.25, 0.3) is 11.4 Å². The highest BCUT2D eigenvalue weighted by Gasteiger charge is 2.30. The third-order valence-electron chi connectivity index (χ3n) is 3.74. The van der Waals surface area contributed by atoms with Crippen molar-refractivity contribution in [1.82, 2.24) is 9.97 Å². The minimum Gasteiger partial charge on any atom is -0.370 e. The van der Waals surface area contributed by atoms with E-state index in [0.29, 0.717) is 6.61 Å². The van der Waals surface area contributed by atoms with Crippen LogP contribution in [-0.2, 0) is 17.8 Å². The first-order chi connectivity index (χ1) is 10.9. The lowest BCUT2D eigenvalue weighted by atomic mass is 9.96. The van der Waals surface area contributed by atoms with E-state index in [2.05, 4.69) is 32.6 Å².